The van der Waals surface area contributed by atoms with Gasteiger partial charge in [-0.2, -0.15) is 0 Å². The Balaban J connectivity index is 1.62. The Labute approximate surface area is 159 Å². The van der Waals surface area contributed by atoms with Crippen molar-refractivity contribution < 1.29 is 14.0 Å². The first kappa shape index (κ1) is 18.0. The first-order chi connectivity index (χ1) is 12.5. The number of hydrogen-bond acceptors (Lipinski definition) is 3. The van der Waals surface area contributed by atoms with Gasteiger partial charge in [-0.3, -0.25) is 9.59 Å². The number of carbonyl (C=O) groups is 2. The summed E-state index contributed by atoms with van der Waals surface area (Å²) in [5.74, 6) is 0.0695. The molecule has 3 rings (SSSR count). The lowest BCUT2D eigenvalue weighted by Gasteiger charge is -2.08. The number of hydrogen-bond donors (Lipinski definition) is 2. The average Bonchev–Trinajstić information content (AvgIpc) is 3.15. The zero-order chi connectivity index (χ0) is 18.5. The fraction of sp³-hybridized carbons (Fsp3) is 0.0526. The highest BCUT2D eigenvalue weighted by atomic mass is 35.5. The molecule has 1 aromatic heterocycles. The van der Waals surface area contributed by atoms with E-state index < -0.39 is 0 Å². The van der Waals surface area contributed by atoms with Gasteiger partial charge in [0.2, 0.25) is 0 Å². The van der Waals surface area contributed by atoms with Crippen molar-refractivity contribution in [2.45, 2.75) is 6.54 Å². The van der Waals surface area contributed by atoms with Gasteiger partial charge in [0.05, 0.1) is 23.5 Å². The molecule has 0 unspecified atom stereocenters. The summed E-state index contributed by atoms with van der Waals surface area (Å²) < 4.78 is 5.16. The van der Waals surface area contributed by atoms with Gasteiger partial charge in [-0.05, 0) is 54.6 Å². The third-order valence-corrected chi connectivity index (χ3v) is 4.14. The van der Waals surface area contributed by atoms with Crippen LogP contribution < -0.4 is 10.6 Å². The van der Waals surface area contributed by atoms with E-state index in [1.165, 1.54) is 0 Å². The number of halogens is 2. The van der Waals surface area contributed by atoms with Crippen LogP contribution in [0.25, 0.3) is 0 Å². The molecule has 26 heavy (non-hydrogen) atoms. The van der Waals surface area contributed by atoms with Gasteiger partial charge in [0.25, 0.3) is 11.8 Å². The molecule has 0 atom stereocenters. The van der Waals surface area contributed by atoms with Crippen molar-refractivity contribution in [3.63, 3.8) is 0 Å². The van der Waals surface area contributed by atoms with E-state index in [-0.39, 0.29) is 11.8 Å². The number of anilines is 1. The maximum absolute atomic E-state index is 12.3. The van der Waals surface area contributed by atoms with Crippen LogP contribution in [0.4, 0.5) is 5.69 Å². The van der Waals surface area contributed by atoms with Crippen LogP contribution in [0.15, 0.2) is 65.3 Å². The zero-order valence-corrected chi connectivity index (χ0v) is 15.0. The number of furan rings is 1. The van der Waals surface area contributed by atoms with Crippen LogP contribution in [-0.2, 0) is 6.54 Å². The maximum atomic E-state index is 12.3. The quantitative estimate of drug-likeness (QED) is 0.661. The Bertz CT molecular complexity index is 922. The van der Waals surface area contributed by atoms with Crippen LogP contribution in [0.2, 0.25) is 10.0 Å². The Morgan fingerprint density at radius 2 is 1.62 bits per heavy atom. The summed E-state index contributed by atoms with van der Waals surface area (Å²) in [4.78, 5) is 24.4. The lowest BCUT2D eigenvalue weighted by molar-refractivity contribution is 0.0946. The molecule has 2 amide bonds. The molecule has 2 aromatic carbocycles. The molecule has 0 bridgehead atoms. The van der Waals surface area contributed by atoms with Crippen molar-refractivity contribution >= 4 is 40.7 Å². The number of rotatable bonds is 5. The zero-order valence-electron chi connectivity index (χ0n) is 13.5. The topological polar surface area (TPSA) is 71.3 Å². The van der Waals surface area contributed by atoms with E-state index >= 15 is 0 Å². The first-order valence-corrected chi connectivity index (χ1v) is 8.45. The van der Waals surface area contributed by atoms with Gasteiger partial charge in [-0.1, -0.05) is 23.2 Å². The normalized spacial score (nSPS) is 10.4. The van der Waals surface area contributed by atoms with Crippen LogP contribution in [0.3, 0.4) is 0 Å². The summed E-state index contributed by atoms with van der Waals surface area (Å²) in [5.41, 5.74) is 1.30. The number of carbonyl (C=O) groups excluding carboxylic acids is 2. The second-order valence-corrected chi connectivity index (χ2v) is 6.26. The molecule has 0 aliphatic heterocycles. The van der Waals surface area contributed by atoms with E-state index in [0.29, 0.717) is 39.2 Å². The van der Waals surface area contributed by atoms with Crippen LogP contribution in [0.5, 0.6) is 0 Å². The molecule has 0 saturated heterocycles. The molecule has 0 radical (unpaired) electrons. The Kier molecular flexibility index (Phi) is 5.61. The third kappa shape index (κ3) is 4.45. The number of benzene rings is 2. The smallest absolute Gasteiger partial charge is 0.255 e. The molecule has 0 fully saturated rings. The van der Waals surface area contributed by atoms with Gasteiger partial charge < -0.3 is 15.1 Å². The average molecular weight is 389 g/mol. The monoisotopic (exact) mass is 388 g/mol. The van der Waals surface area contributed by atoms with Crippen LogP contribution in [-0.4, -0.2) is 11.8 Å². The Morgan fingerprint density at radius 3 is 2.23 bits per heavy atom. The molecular weight excluding hydrogens is 375 g/mol. The molecule has 0 aliphatic carbocycles. The lowest BCUT2D eigenvalue weighted by Crippen LogP contribution is -2.22. The predicted molar refractivity (Wildman–Crippen MR) is 101 cm³/mol. The van der Waals surface area contributed by atoms with Crippen molar-refractivity contribution in [1.82, 2.24) is 5.32 Å². The van der Waals surface area contributed by atoms with E-state index in [4.69, 9.17) is 27.6 Å². The molecule has 0 aliphatic rings. The molecule has 0 spiro atoms. The van der Waals surface area contributed by atoms with Crippen molar-refractivity contribution in [3.05, 3.63) is 87.8 Å². The van der Waals surface area contributed by atoms with E-state index in [9.17, 15) is 9.59 Å². The van der Waals surface area contributed by atoms with E-state index in [1.54, 1.807) is 60.9 Å². The highest BCUT2D eigenvalue weighted by molar-refractivity contribution is 6.36. The van der Waals surface area contributed by atoms with Gasteiger partial charge in [0, 0.05) is 16.1 Å². The third-order valence-electron chi connectivity index (χ3n) is 3.59. The SMILES string of the molecule is O=C(NCc1ccco1)c1ccc(C(=O)Nc2ccc(Cl)cc2Cl)cc1. The maximum Gasteiger partial charge on any atom is 0.255 e. The van der Waals surface area contributed by atoms with Crippen LogP contribution >= 0.6 is 23.2 Å². The minimum Gasteiger partial charge on any atom is -0.467 e. The minimum absolute atomic E-state index is 0.255. The molecule has 7 heteroatoms. The Hall–Kier alpha value is -2.76. The van der Waals surface area contributed by atoms with E-state index in [1.807, 2.05) is 0 Å². The van der Waals surface area contributed by atoms with Gasteiger partial charge in [-0.15, -0.1) is 0 Å². The lowest BCUT2D eigenvalue weighted by atomic mass is 10.1. The van der Waals surface area contributed by atoms with Crippen molar-refractivity contribution in [2.24, 2.45) is 0 Å². The fourth-order valence-electron chi connectivity index (χ4n) is 2.24. The Morgan fingerprint density at radius 1 is 0.923 bits per heavy atom. The minimum atomic E-state index is -0.336. The second-order valence-electron chi connectivity index (χ2n) is 5.42. The van der Waals surface area contributed by atoms with Gasteiger partial charge in [0.1, 0.15) is 5.76 Å². The molecule has 132 valence electrons. The van der Waals surface area contributed by atoms with Crippen LogP contribution in [0, 0.1) is 0 Å². The molecule has 0 saturated carbocycles. The molecule has 1 heterocycles. The first-order valence-electron chi connectivity index (χ1n) is 7.70. The molecule has 5 nitrogen and oxygen atoms in total. The molecule has 3 aromatic rings. The van der Waals surface area contributed by atoms with Crippen molar-refractivity contribution in [1.29, 1.82) is 0 Å². The standard InChI is InChI=1S/C19H14Cl2N2O3/c20-14-7-8-17(16(21)10-14)23-19(25)13-5-3-12(4-6-13)18(24)22-11-15-2-1-9-26-15/h1-10H,11H2,(H,22,24)(H,23,25). The summed E-state index contributed by atoms with van der Waals surface area (Å²) in [6.45, 7) is 0.295. The van der Waals surface area contributed by atoms with Gasteiger partial charge >= 0.3 is 0 Å². The summed E-state index contributed by atoms with van der Waals surface area (Å²) in [6.07, 6.45) is 1.54. The highest BCUT2D eigenvalue weighted by Crippen LogP contribution is 2.25. The van der Waals surface area contributed by atoms with Crippen molar-refractivity contribution in [3.8, 4) is 0 Å². The molecule has 2 N–H and O–H groups in total. The largest absolute Gasteiger partial charge is 0.467 e. The summed E-state index contributed by atoms with van der Waals surface area (Å²) >= 11 is 11.9. The van der Waals surface area contributed by atoms with Crippen molar-refractivity contribution in [2.75, 3.05) is 5.32 Å². The number of amides is 2. The number of nitrogens with one attached hydrogen (secondary N) is 2. The van der Waals surface area contributed by atoms with Gasteiger partial charge in [0.15, 0.2) is 0 Å². The summed E-state index contributed by atoms with van der Waals surface area (Å²) in [7, 11) is 0. The van der Waals surface area contributed by atoms with E-state index in [0.717, 1.165) is 0 Å². The summed E-state index contributed by atoms with van der Waals surface area (Å²) in [5, 5.41) is 6.27. The van der Waals surface area contributed by atoms with Crippen LogP contribution in [0.1, 0.15) is 26.5 Å². The fourth-order valence-corrected chi connectivity index (χ4v) is 2.70. The van der Waals surface area contributed by atoms with Gasteiger partial charge in [-0.25, -0.2) is 0 Å². The highest BCUT2D eigenvalue weighted by Gasteiger charge is 2.11. The predicted octanol–water partition coefficient (Wildman–Crippen LogP) is 4.77. The molecular formula is C19H14Cl2N2O3. The summed E-state index contributed by atoms with van der Waals surface area (Å²) in [6, 6.07) is 14.6. The second kappa shape index (κ2) is 8.08. The van der Waals surface area contributed by atoms with E-state index in [2.05, 4.69) is 10.6 Å².